The third-order valence-corrected chi connectivity index (χ3v) is 3.10. The van der Waals surface area contributed by atoms with Crippen molar-refractivity contribution >= 4 is 17.0 Å². The van der Waals surface area contributed by atoms with E-state index in [0.29, 0.717) is 18.5 Å². The second kappa shape index (κ2) is 4.72. The van der Waals surface area contributed by atoms with E-state index < -0.39 is 11.4 Å². The van der Waals surface area contributed by atoms with Gasteiger partial charge in [-0.1, -0.05) is 26.0 Å². The van der Waals surface area contributed by atoms with Crippen LogP contribution in [0, 0.1) is 0 Å². The fourth-order valence-corrected chi connectivity index (χ4v) is 1.89. The van der Waals surface area contributed by atoms with Gasteiger partial charge in [0.2, 0.25) is 0 Å². The number of benzene rings is 1. The molecule has 1 saturated carbocycles. The van der Waals surface area contributed by atoms with Crippen molar-refractivity contribution in [1.29, 1.82) is 0 Å². The van der Waals surface area contributed by atoms with Gasteiger partial charge in [0, 0.05) is 0 Å². The lowest BCUT2D eigenvalue weighted by Gasteiger charge is -2.08. The van der Waals surface area contributed by atoms with Gasteiger partial charge in [-0.05, 0) is 25.0 Å². The second-order valence-electron chi connectivity index (χ2n) is 4.13. The van der Waals surface area contributed by atoms with Gasteiger partial charge in [0.15, 0.2) is 0 Å². The molecule has 1 aliphatic carbocycles. The van der Waals surface area contributed by atoms with Gasteiger partial charge in [-0.25, -0.2) is 4.98 Å². The molecular formula is C14H16N2O2. The molecule has 0 bridgehead atoms. The molecule has 0 atom stereocenters. The molecule has 1 N–H and O–H groups in total. The van der Waals surface area contributed by atoms with Crippen LogP contribution < -0.4 is 0 Å². The Labute approximate surface area is 106 Å². The molecule has 4 heteroatoms. The molecule has 0 unspecified atom stereocenters. The Morgan fingerprint density at radius 3 is 2.39 bits per heavy atom. The molecule has 18 heavy (non-hydrogen) atoms. The number of para-hydroxylation sites is 2. The topological polar surface area (TPSA) is 63.1 Å². The summed E-state index contributed by atoms with van der Waals surface area (Å²) in [6.45, 7) is 4.00. The number of carboxylic acids is 1. The van der Waals surface area contributed by atoms with Crippen molar-refractivity contribution in [3.05, 3.63) is 36.2 Å². The minimum atomic E-state index is -0.794. The van der Waals surface area contributed by atoms with Gasteiger partial charge in [0.05, 0.1) is 22.9 Å². The Morgan fingerprint density at radius 2 is 1.83 bits per heavy atom. The average molecular weight is 244 g/mol. The molecule has 0 saturated heterocycles. The fourth-order valence-electron chi connectivity index (χ4n) is 1.89. The first-order valence-corrected chi connectivity index (χ1v) is 6.18. The monoisotopic (exact) mass is 244 g/mol. The molecule has 1 heterocycles. The minimum absolute atomic E-state index is 0.582. The van der Waals surface area contributed by atoms with Gasteiger partial charge in [-0.2, -0.15) is 0 Å². The SMILES string of the molecule is CC.O=C(O)C1(c2cnc3ccccc3n2)CC1. The maximum Gasteiger partial charge on any atom is 0.315 e. The zero-order chi connectivity index (χ0) is 13.2. The molecular weight excluding hydrogens is 228 g/mol. The van der Waals surface area contributed by atoms with Crippen LogP contribution in [0.15, 0.2) is 30.5 Å². The summed E-state index contributed by atoms with van der Waals surface area (Å²) in [6, 6.07) is 7.48. The maximum absolute atomic E-state index is 11.2. The van der Waals surface area contributed by atoms with E-state index in [0.717, 1.165) is 11.0 Å². The Hall–Kier alpha value is -1.97. The van der Waals surface area contributed by atoms with E-state index in [9.17, 15) is 4.79 Å². The van der Waals surface area contributed by atoms with E-state index in [4.69, 9.17) is 5.11 Å². The van der Waals surface area contributed by atoms with Crippen LogP contribution in [0.4, 0.5) is 0 Å². The number of hydrogen-bond donors (Lipinski definition) is 1. The summed E-state index contributed by atoms with van der Waals surface area (Å²) in [5, 5.41) is 9.16. The van der Waals surface area contributed by atoms with Gasteiger partial charge in [0.25, 0.3) is 0 Å². The smallest absolute Gasteiger partial charge is 0.315 e. The van der Waals surface area contributed by atoms with E-state index >= 15 is 0 Å². The number of rotatable bonds is 2. The summed E-state index contributed by atoms with van der Waals surface area (Å²) in [6.07, 6.45) is 2.91. The van der Waals surface area contributed by atoms with Gasteiger partial charge in [0.1, 0.15) is 5.41 Å². The summed E-state index contributed by atoms with van der Waals surface area (Å²) in [4.78, 5) is 19.8. The van der Waals surface area contributed by atoms with Crippen LogP contribution in [0.25, 0.3) is 11.0 Å². The van der Waals surface area contributed by atoms with E-state index in [2.05, 4.69) is 9.97 Å². The highest BCUT2D eigenvalue weighted by molar-refractivity contribution is 5.85. The highest BCUT2D eigenvalue weighted by atomic mass is 16.4. The molecule has 1 aromatic carbocycles. The number of hydrogen-bond acceptors (Lipinski definition) is 3. The average Bonchev–Trinajstić information content (AvgIpc) is 3.22. The van der Waals surface area contributed by atoms with Gasteiger partial charge >= 0.3 is 5.97 Å². The van der Waals surface area contributed by atoms with Crippen molar-refractivity contribution in [3.8, 4) is 0 Å². The molecule has 0 spiro atoms. The van der Waals surface area contributed by atoms with Crippen LogP contribution in [0.1, 0.15) is 32.4 Å². The number of carboxylic acid groups (broad SMARTS) is 1. The van der Waals surface area contributed by atoms with Crippen LogP contribution in [-0.2, 0) is 10.2 Å². The van der Waals surface area contributed by atoms with Gasteiger partial charge < -0.3 is 5.11 Å². The van der Waals surface area contributed by atoms with E-state index in [1.54, 1.807) is 6.20 Å². The lowest BCUT2D eigenvalue weighted by atomic mass is 10.0. The first-order valence-electron chi connectivity index (χ1n) is 6.18. The van der Waals surface area contributed by atoms with Crippen LogP contribution >= 0.6 is 0 Å². The van der Waals surface area contributed by atoms with Crippen LogP contribution in [-0.4, -0.2) is 21.0 Å². The van der Waals surface area contributed by atoms with Gasteiger partial charge in [-0.15, -0.1) is 0 Å². The number of carbonyl (C=O) groups is 1. The summed E-state index contributed by atoms with van der Waals surface area (Å²) in [5.41, 5.74) is 1.37. The molecule has 0 aliphatic heterocycles. The number of aromatic nitrogens is 2. The molecule has 3 rings (SSSR count). The zero-order valence-electron chi connectivity index (χ0n) is 10.6. The first-order chi connectivity index (χ1) is 8.72. The molecule has 2 aromatic rings. The largest absolute Gasteiger partial charge is 0.481 e. The molecule has 1 aromatic heterocycles. The highest BCUT2D eigenvalue weighted by Crippen LogP contribution is 2.47. The molecule has 94 valence electrons. The molecule has 1 aliphatic rings. The lowest BCUT2D eigenvalue weighted by molar-refractivity contribution is -0.140. The Morgan fingerprint density at radius 1 is 1.22 bits per heavy atom. The number of nitrogens with zero attached hydrogens (tertiary/aromatic N) is 2. The number of aliphatic carboxylic acids is 1. The fraction of sp³-hybridized carbons (Fsp3) is 0.357. The maximum atomic E-state index is 11.2. The zero-order valence-corrected chi connectivity index (χ0v) is 10.6. The quantitative estimate of drug-likeness (QED) is 0.882. The van der Waals surface area contributed by atoms with Gasteiger partial charge in [-0.3, -0.25) is 9.78 Å². The lowest BCUT2D eigenvalue weighted by Crippen LogP contribution is -2.21. The van der Waals surface area contributed by atoms with Crippen LogP contribution in [0.5, 0.6) is 0 Å². The van der Waals surface area contributed by atoms with Crippen LogP contribution in [0.3, 0.4) is 0 Å². The van der Waals surface area contributed by atoms with E-state index in [-0.39, 0.29) is 0 Å². The molecule has 0 radical (unpaired) electrons. The Balaban J connectivity index is 0.000000574. The van der Waals surface area contributed by atoms with E-state index in [1.807, 2.05) is 38.1 Å². The third-order valence-electron chi connectivity index (χ3n) is 3.10. The van der Waals surface area contributed by atoms with Crippen molar-refractivity contribution in [2.24, 2.45) is 0 Å². The number of fused-ring (bicyclic) bond motifs is 1. The van der Waals surface area contributed by atoms with Crippen molar-refractivity contribution in [1.82, 2.24) is 9.97 Å². The van der Waals surface area contributed by atoms with Crippen molar-refractivity contribution < 1.29 is 9.90 Å². The standard InChI is InChI=1S/C12H10N2O2.C2H6/c15-11(16)12(5-6-12)10-7-13-8-3-1-2-4-9(8)14-10;1-2/h1-4,7H,5-6H2,(H,15,16);1-2H3. The van der Waals surface area contributed by atoms with Crippen molar-refractivity contribution in [2.45, 2.75) is 32.1 Å². The predicted molar refractivity (Wildman–Crippen MR) is 69.4 cm³/mol. The predicted octanol–water partition coefficient (Wildman–Crippen LogP) is 2.77. The van der Waals surface area contributed by atoms with Crippen molar-refractivity contribution in [3.63, 3.8) is 0 Å². The molecule has 4 nitrogen and oxygen atoms in total. The summed E-state index contributed by atoms with van der Waals surface area (Å²) >= 11 is 0. The highest BCUT2D eigenvalue weighted by Gasteiger charge is 2.53. The van der Waals surface area contributed by atoms with Crippen LogP contribution in [0.2, 0.25) is 0 Å². The Kier molecular flexibility index (Phi) is 3.28. The molecule has 1 fully saturated rings. The minimum Gasteiger partial charge on any atom is -0.481 e. The summed E-state index contributed by atoms with van der Waals surface area (Å²) < 4.78 is 0. The first kappa shape index (κ1) is 12.5. The van der Waals surface area contributed by atoms with E-state index in [1.165, 1.54) is 0 Å². The Bertz CT molecular complexity index is 577. The normalized spacial score (nSPS) is 15.7. The summed E-state index contributed by atoms with van der Waals surface area (Å²) in [5.74, 6) is -0.794. The summed E-state index contributed by atoms with van der Waals surface area (Å²) in [7, 11) is 0. The third kappa shape index (κ3) is 1.94. The molecule has 0 amide bonds. The van der Waals surface area contributed by atoms with Crippen molar-refractivity contribution in [2.75, 3.05) is 0 Å². The second-order valence-corrected chi connectivity index (χ2v) is 4.13.